The van der Waals surface area contributed by atoms with Gasteiger partial charge in [0.1, 0.15) is 11.9 Å². The lowest BCUT2D eigenvalue weighted by atomic mass is 9.99. The fourth-order valence-electron chi connectivity index (χ4n) is 1.91. The largest absolute Gasteiger partial charge is 0.493 e. The number of alkyl carbamates (subject to hydrolysis) is 1. The van der Waals surface area contributed by atoms with Crippen molar-refractivity contribution in [2.45, 2.75) is 12.0 Å². The maximum absolute atomic E-state index is 13.9. The topological polar surface area (TPSA) is 56.8 Å². The second kappa shape index (κ2) is 5.10. The molecule has 1 aromatic rings. The lowest BCUT2D eigenvalue weighted by Gasteiger charge is -2.32. The first kappa shape index (κ1) is 14.3. The van der Waals surface area contributed by atoms with Crippen molar-refractivity contribution in [3.63, 3.8) is 0 Å². The van der Waals surface area contributed by atoms with Gasteiger partial charge in [0, 0.05) is 11.6 Å². The summed E-state index contributed by atoms with van der Waals surface area (Å²) >= 11 is 0. The van der Waals surface area contributed by atoms with Gasteiger partial charge in [0.15, 0.2) is 18.1 Å². The highest BCUT2D eigenvalue weighted by atomic mass is 19.3. The van der Waals surface area contributed by atoms with Crippen molar-refractivity contribution in [2.75, 3.05) is 20.8 Å². The van der Waals surface area contributed by atoms with Crippen molar-refractivity contribution in [1.82, 2.24) is 5.32 Å². The summed E-state index contributed by atoms with van der Waals surface area (Å²) < 4.78 is 55.5. The number of carbonyl (C=O) groups is 1. The van der Waals surface area contributed by atoms with Crippen LogP contribution in [0.4, 0.5) is 18.0 Å². The van der Waals surface area contributed by atoms with E-state index in [1.807, 2.05) is 5.32 Å². The summed E-state index contributed by atoms with van der Waals surface area (Å²) in [6, 6.07) is 0.160. The quantitative estimate of drug-likeness (QED) is 0.928. The molecule has 2 rings (SSSR count). The van der Waals surface area contributed by atoms with Gasteiger partial charge in [-0.2, -0.15) is 0 Å². The van der Waals surface area contributed by atoms with E-state index in [1.165, 1.54) is 14.2 Å². The molecule has 1 fully saturated rings. The molecule has 8 heteroatoms. The average molecular weight is 291 g/mol. The summed E-state index contributed by atoms with van der Waals surface area (Å²) in [4.78, 5) is 11.1. The number of alkyl halides is 2. The summed E-state index contributed by atoms with van der Waals surface area (Å²) in [5, 5.41) is 1.91. The highest BCUT2D eigenvalue weighted by molar-refractivity contribution is 5.69. The standard InChI is InChI=1S/C12H12F3NO4/c1-18-8-3-6(7(13)4-9(8)19-2)10-12(14,15)5-20-11(17)16-10/h3-4,10H,5H2,1-2H3,(H,16,17)/t10-/m0/s1. The summed E-state index contributed by atoms with van der Waals surface area (Å²) in [6.45, 7) is -1.11. The van der Waals surface area contributed by atoms with Crippen LogP contribution in [-0.2, 0) is 4.74 Å². The molecule has 1 atom stereocenters. The zero-order valence-electron chi connectivity index (χ0n) is 10.7. The number of amides is 1. The van der Waals surface area contributed by atoms with Crippen LogP contribution < -0.4 is 14.8 Å². The van der Waals surface area contributed by atoms with E-state index in [-0.39, 0.29) is 11.5 Å². The fraction of sp³-hybridized carbons (Fsp3) is 0.417. The van der Waals surface area contributed by atoms with E-state index in [9.17, 15) is 18.0 Å². The zero-order valence-corrected chi connectivity index (χ0v) is 10.7. The lowest BCUT2D eigenvalue weighted by Crippen LogP contribution is -2.49. The van der Waals surface area contributed by atoms with Gasteiger partial charge >= 0.3 is 12.0 Å². The molecule has 0 aromatic heterocycles. The highest BCUT2D eigenvalue weighted by Crippen LogP contribution is 2.39. The maximum Gasteiger partial charge on any atom is 0.408 e. The van der Waals surface area contributed by atoms with Gasteiger partial charge in [0.05, 0.1) is 14.2 Å². The smallest absolute Gasteiger partial charge is 0.408 e. The van der Waals surface area contributed by atoms with Gasteiger partial charge in [-0.25, -0.2) is 18.0 Å². The SMILES string of the molecule is COc1cc(F)c([C@@H]2NC(=O)OCC2(F)F)cc1OC. The van der Waals surface area contributed by atoms with Crippen molar-refractivity contribution in [3.8, 4) is 11.5 Å². The van der Waals surface area contributed by atoms with Crippen LogP contribution in [0.15, 0.2) is 12.1 Å². The van der Waals surface area contributed by atoms with Crippen LogP contribution in [0.1, 0.15) is 11.6 Å². The molecule has 1 aliphatic heterocycles. The van der Waals surface area contributed by atoms with E-state index in [4.69, 9.17) is 9.47 Å². The Hall–Kier alpha value is -2.12. The van der Waals surface area contributed by atoms with E-state index < -0.39 is 36.0 Å². The molecule has 0 saturated carbocycles. The summed E-state index contributed by atoms with van der Waals surface area (Å²) in [5.74, 6) is -4.22. The predicted octanol–water partition coefficient (Wildman–Crippen LogP) is 2.26. The van der Waals surface area contributed by atoms with E-state index in [0.717, 1.165) is 12.1 Å². The number of cyclic esters (lactones) is 1. The molecule has 1 N–H and O–H groups in total. The molecule has 1 amide bonds. The number of halogens is 3. The number of ether oxygens (including phenoxy) is 3. The third kappa shape index (κ3) is 2.45. The molecule has 20 heavy (non-hydrogen) atoms. The average Bonchev–Trinajstić information content (AvgIpc) is 2.41. The monoisotopic (exact) mass is 291 g/mol. The van der Waals surface area contributed by atoms with Crippen LogP contribution in [0.3, 0.4) is 0 Å². The Morgan fingerprint density at radius 2 is 1.90 bits per heavy atom. The molecule has 0 aliphatic carbocycles. The number of rotatable bonds is 3. The third-order valence-electron chi connectivity index (χ3n) is 2.89. The second-order valence-electron chi connectivity index (χ2n) is 4.14. The van der Waals surface area contributed by atoms with Gasteiger partial charge in [-0.15, -0.1) is 0 Å². The minimum absolute atomic E-state index is 0.0652. The first-order valence-electron chi connectivity index (χ1n) is 5.61. The summed E-state index contributed by atoms with van der Waals surface area (Å²) in [7, 11) is 2.59. The van der Waals surface area contributed by atoms with E-state index in [1.54, 1.807) is 0 Å². The molecule has 1 saturated heterocycles. The number of methoxy groups -OCH3 is 2. The Kier molecular flexibility index (Phi) is 3.65. The van der Waals surface area contributed by atoms with Gasteiger partial charge in [-0.1, -0.05) is 0 Å². The normalized spacial score (nSPS) is 20.9. The van der Waals surface area contributed by atoms with Crippen LogP contribution in [0.25, 0.3) is 0 Å². The minimum atomic E-state index is -3.44. The number of hydrogen-bond donors (Lipinski definition) is 1. The molecule has 0 spiro atoms. The third-order valence-corrected chi connectivity index (χ3v) is 2.89. The maximum atomic E-state index is 13.9. The van der Waals surface area contributed by atoms with Gasteiger partial charge in [-0.3, -0.25) is 0 Å². The van der Waals surface area contributed by atoms with Crippen molar-refractivity contribution < 1.29 is 32.2 Å². The number of nitrogens with one attached hydrogen (secondary N) is 1. The molecule has 110 valence electrons. The Morgan fingerprint density at radius 1 is 1.30 bits per heavy atom. The summed E-state index contributed by atoms with van der Waals surface area (Å²) in [5.41, 5.74) is -0.399. The van der Waals surface area contributed by atoms with Gasteiger partial charge in [0.25, 0.3) is 0 Å². The zero-order chi connectivity index (χ0) is 14.9. The first-order valence-corrected chi connectivity index (χ1v) is 5.61. The molecular formula is C12H12F3NO4. The van der Waals surface area contributed by atoms with Gasteiger partial charge < -0.3 is 19.5 Å². The number of hydrogen-bond acceptors (Lipinski definition) is 4. The molecule has 1 aliphatic rings. The second-order valence-corrected chi connectivity index (χ2v) is 4.14. The van der Waals surface area contributed by atoms with E-state index >= 15 is 0 Å². The van der Waals surface area contributed by atoms with Gasteiger partial charge in [-0.05, 0) is 6.07 Å². The van der Waals surface area contributed by atoms with E-state index in [0.29, 0.717) is 0 Å². The molecule has 0 radical (unpaired) electrons. The number of benzene rings is 1. The first-order chi connectivity index (χ1) is 9.39. The Bertz CT molecular complexity index is 536. The van der Waals surface area contributed by atoms with Gasteiger partial charge in [0.2, 0.25) is 0 Å². The molecule has 0 unspecified atom stereocenters. The van der Waals surface area contributed by atoms with Crippen molar-refractivity contribution >= 4 is 6.09 Å². The Balaban J connectivity index is 2.47. The highest BCUT2D eigenvalue weighted by Gasteiger charge is 2.48. The molecule has 0 bridgehead atoms. The molecule has 1 heterocycles. The molecule has 1 aromatic carbocycles. The lowest BCUT2D eigenvalue weighted by molar-refractivity contribution is -0.105. The van der Waals surface area contributed by atoms with Crippen LogP contribution in [0.5, 0.6) is 11.5 Å². The van der Waals surface area contributed by atoms with Crippen molar-refractivity contribution in [3.05, 3.63) is 23.5 Å². The van der Waals surface area contributed by atoms with E-state index in [2.05, 4.69) is 4.74 Å². The van der Waals surface area contributed by atoms with Crippen LogP contribution in [-0.4, -0.2) is 32.8 Å². The Morgan fingerprint density at radius 3 is 2.50 bits per heavy atom. The Labute approximate surface area is 112 Å². The summed E-state index contributed by atoms with van der Waals surface area (Å²) in [6.07, 6.45) is -1.03. The molecule has 5 nitrogen and oxygen atoms in total. The minimum Gasteiger partial charge on any atom is -0.493 e. The van der Waals surface area contributed by atoms with Crippen molar-refractivity contribution in [1.29, 1.82) is 0 Å². The van der Waals surface area contributed by atoms with Crippen LogP contribution in [0.2, 0.25) is 0 Å². The van der Waals surface area contributed by atoms with Crippen LogP contribution >= 0.6 is 0 Å². The fourth-order valence-corrected chi connectivity index (χ4v) is 1.91. The van der Waals surface area contributed by atoms with Crippen molar-refractivity contribution in [2.24, 2.45) is 0 Å². The predicted molar refractivity (Wildman–Crippen MR) is 61.7 cm³/mol. The van der Waals surface area contributed by atoms with Crippen LogP contribution in [0, 0.1) is 5.82 Å². The number of carbonyl (C=O) groups excluding carboxylic acids is 1. The molecular weight excluding hydrogens is 279 g/mol.